The smallest absolute Gasteiger partial charge is 0.407 e. The van der Waals surface area contributed by atoms with Crippen LogP contribution in [0.3, 0.4) is 0 Å². The number of nitrogens with one attached hydrogen (secondary N) is 3. The second-order valence-corrected chi connectivity index (χ2v) is 12.4. The number of carbonyl (C=O) groups is 4. The van der Waals surface area contributed by atoms with Crippen LogP contribution in [0.15, 0.2) is 64.3 Å². The number of carbonyl (C=O) groups excluding carboxylic acids is 4. The first-order valence-corrected chi connectivity index (χ1v) is 16.2. The van der Waals surface area contributed by atoms with E-state index in [2.05, 4.69) is 15.6 Å². The van der Waals surface area contributed by atoms with Gasteiger partial charge in [0, 0.05) is 37.3 Å². The van der Waals surface area contributed by atoms with Gasteiger partial charge >= 0.3 is 23.8 Å². The lowest BCUT2D eigenvalue weighted by molar-refractivity contribution is -0.149. The van der Waals surface area contributed by atoms with E-state index in [-0.39, 0.29) is 50.8 Å². The SMILES string of the molecule is CCOC(=O)CN(CCNC(=O)OCC1c2ccccc2-c2ccccc21)C(=O)Cn1cc(CCCNC(=O)OC(C)(C)C)c(=O)[nH]c1=O. The number of hydrogen-bond acceptors (Lipinski definition) is 9. The molecule has 3 aromatic rings. The first-order chi connectivity index (χ1) is 23.4. The number of aromatic nitrogens is 2. The molecule has 1 aromatic heterocycles. The Morgan fingerprint density at radius 2 is 1.53 bits per heavy atom. The van der Waals surface area contributed by atoms with Gasteiger partial charge in [-0.05, 0) is 62.8 Å². The lowest BCUT2D eigenvalue weighted by atomic mass is 9.98. The Morgan fingerprint density at radius 3 is 2.16 bits per heavy atom. The maximum atomic E-state index is 13.3. The number of amides is 3. The van der Waals surface area contributed by atoms with Crippen LogP contribution in [0, 0.1) is 0 Å². The monoisotopic (exact) mass is 677 g/mol. The second-order valence-electron chi connectivity index (χ2n) is 12.4. The highest BCUT2D eigenvalue weighted by Gasteiger charge is 2.29. The van der Waals surface area contributed by atoms with Crippen molar-refractivity contribution in [3.63, 3.8) is 0 Å². The van der Waals surface area contributed by atoms with E-state index in [4.69, 9.17) is 14.2 Å². The third-order valence-corrected chi connectivity index (χ3v) is 7.65. The van der Waals surface area contributed by atoms with Gasteiger partial charge in [-0.1, -0.05) is 48.5 Å². The van der Waals surface area contributed by atoms with E-state index < -0.39 is 54.0 Å². The molecule has 0 radical (unpaired) electrons. The molecule has 0 bridgehead atoms. The molecule has 0 aliphatic heterocycles. The van der Waals surface area contributed by atoms with Crippen LogP contribution in [0.4, 0.5) is 9.59 Å². The standard InChI is InChI=1S/C35H43N5O9/c1-5-47-30(42)21-39(18-17-37-33(45)48-22-28-26-14-8-6-12-24(26)25-13-7-9-15-27(25)28)29(41)20-40-19-23(31(43)38-32(40)44)11-10-16-36-34(46)49-35(2,3)4/h6-9,12-15,19,28H,5,10-11,16-18,20-22H2,1-4H3,(H,36,46)(H,37,45)(H,38,43,44). The van der Waals surface area contributed by atoms with Gasteiger partial charge < -0.3 is 29.7 Å². The number of nitrogens with zero attached hydrogens (tertiary/aromatic N) is 2. The zero-order chi connectivity index (χ0) is 35.6. The highest BCUT2D eigenvalue weighted by atomic mass is 16.6. The minimum absolute atomic E-state index is 0.0434. The molecule has 262 valence electrons. The van der Waals surface area contributed by atoms with E-state index in [1.165, 1.54) is 6.20 Å². The Labute approximate surface area is 283 Å². The average Bonchev–Trinajstić information content (AvgIpc) is 3.36. The minimum atomic E-state index is -0.804. The molecule has 14 nitrogen and oxygen atoms in total. The van der Waals surface area contributed by atoms with Crippen molar-refractivity contribution in [1.82, 2.24) is 25.1 Å². The van der Waals surface area contributed by atoms with Crippen LogP contribution >= 0.6 is 0 Å². The summed E-state index contributed by atoms with van der Waals surface area (Å²) in [4.78, 5) is 78.5. The van der Waals surface area contributed by atoms with E-state index in [9.17, 15) is 28.8 Å². The minimum Gasteiger partial charge on any atom is -0.465 e. The lowest BCUT2D eigenvalue weighted by Crippen LogP contribution is -2.45. The van der Waals surface area contributed by atoms with Crippen LogP contribution in [0.1, 0.15) is 56.7 Å². The van der Waals surface area contributed by atoms with E-state index in [0.29, 0.717) is 6.42 Å². The predicted octanol–water partition coefficient (Wildman–Crippen LogP) is 2.92. The summed E-state index contributed by atoms with van der Waals surface area (Å²) in [5.41, 5.74) is 2.51. The third-order valence-electron chi connectivity index (χ3n) is 7.65. The summed E-state index contributed by atoms with van der Waals surface area (Å²) in [6.45, 7) is 6.27. The third kappa shape index (κ3) is 10.3. The quantitative estimate of drug-likeness (QED) is 0.131. The highest BCUT2D eigenvalue weighted by Crippen LogP contribution is 2.44. The van der Waals surface area contributed by atoms with E-state index in [1.54, 1.807) is 27.7 Å². The molecule has 1 aliphatic rings. The number of benzene rings is 2. The maximum absolute atomic E-state index is 13.3. The predicted molar refractivity (Wildman–Crippen MR) is 180 cm³/mol. The Hall–Kier alpha value is -5.40. The van der Waals surface area contributed by atoms with Crippen LogP contribution in [-0.4, -0.2) is 83.5 Å². The molecule has 14 heteroatoms. The molecule has 0 saturated heterocycles. The van der Waals surface area contributed by atoms with Crippen molar-refractivity contribution in [2.45, 2.75) is 58.6 Å². The number of fused-ring (bicyclic) bond motifs is 3. The van der Waals surface area contributed by atoms with Crippen LogP contribution in [0.25, 0.3) is 11.1 Å². The topological polar surface area (TPSA) is 178 Å². The van der Waals surface area contributed by atoms with Crippen molar-refractivity contribution in [1.29, 1.82) is 0 Å². The molecule has 0 unspecified atom stereocenters. The Morgan fingerprint density at radius 1 is 0.898 bits per heavy atom. The van der Waals surface area contributed by atoms with E-state index >= 15 is 0 Å². The van der Waals surface area contributed by atoms with Gasteiger partial charge in [0.05, 0.1) is 6.61 Å². The van der Waals surface area contributed by atoms with Crippen LogP contribution in [0.5, 0.6) is 0 Å². The molecular formula is C35H43N5O9. The lowest BCUT2D eigenvalue weighted by Gasteiger charge is -2.22. The number of aromatic amines is 1. The van der Waals surface area contributed by atoms with Crippen molar-refractivity contribution in [2.75, 3.05) is 39.4 Å². The fourth-order valence-electron chi connectivity index (χ4n) is 5.48. The van der Waals surface area contributed by atoms with Gasteiger partial charge in [0.1, 0.15) is 25.3 Å². The fraction of sp³-hybridized carbons (Fsp3) is 0.429. The molecule has 1 aliphatic carbocycles. The van der Waals surface area contributed by atoms with Gasteiger partial charge in [-0.2, -0.15) is 0 Å². The first kappa shape index (κ1) is 36.4. The van der Waals surface area contributed by atoms with Crippen molar-refractivity contribution in [3.05, 3.63) is 92.3 Å². The van der Waals surface area contributed by atoms with Crippen molar-refractivity contribution < 1.29 is 33.4 Å². The molecule has 3 N–H and O–H groups in total. The number of ether oxygens (including phenoxy) is 3. The van der Waals surface area contributed by atoms with Gasteiger partial charge in [0.25, 0.3) is 5.56 Å². The molecule has 4 rings (SSSR count). The molecule has 0 spiro atoms. The van der Waals surface area contributed by atoms with Gasteiger partial charge in [0.2, 0.25) is 5.91 Å². The molecule has 3 amide bonds. The van der Waals surface area contributed by atoms with Crippen molar-refractivity contribution in [2.24, 2.45) is 0 Å². The zero-order valence-corrected chi connectivity index (χ0v) is 28.2. The Balaban J connectivity index is 1.33. The maximum Gasteiger partial charge on any atom is 0.407 e. The summed E-state index contributed by atoms with van der Waals surface area (Å²) >= 11 is 0. The largest absolute Gasteiger partial charge is 0.465 e. The molecule has 0 saturated carbocycles. The summed E-state index contributed by atoms with van der Waals surface area (Å²) in [5.74, 6) is -1.40. The summed E-state index contributed by atoms with van der Waals surface area (Å²) in [6, 6.07) is 15.9. The summed E-state index contributed by atoms with van der Waals surface area (Å²) < 4.78 is 16.8. The number of esters is 1. The van der Waals surface area contributed by atoms with E-state index in [0.717, 1.165) is 31.7 Å². The molecule has 0 atom stereocenters. The van der Waals surface area contributed by atoms with Crippen molar-refractivity contribution >= 4 is 24.1 Å². The number of aryl methyl sites for hydroxylation is 1. The van der Waals surface area contributed by atoms with Crippen LogP contribution < -0.4 is 21.9 Å². The Bertz CT molecular complexity index is 1730. The van der Waals surface area contributed by atoms with Gasteiger partial charge in [0.15, 0.2) is 0 Å². The average molecular weight is 678 g/mol. The summed E-state index contributed by atoms with van der Waals surface area (Å²) in [6.07, 6.45) is 0.574. The fourth-order valence-corrected chi connectivity index (χ4v) is 5.48. The zero-order valence-electron chi connectivity index (χ0n) is 28.2. The number of rotatable bonds is 14. The summed E-state index contributed by atoms with van der Waals surface area (Å²) in [7, 11) is 0. The van der Waals surface area contributed by atoms with Gasteiger partial charge in [-0.25, -0.2) is 14.4 Å². The molecule has 0 fully saturated rings. The normalized spacial score (nSPS) is 12.0. The van der Waals surface area contributed by atoms with Crippen LogP contribution in [0.2, 0.25) is 0 Å². The molecular weight excluding hydrogens is 634 g/mol. The molecule has 1 heterocycles. The van der Waals surface area contributed by atoms with Gasteiger partial charge in [-0.3, -0.25) is 23.9 Å². The number of H-pyrrole nitrogens is 1. The van der Waals surface area contributed by atoms with Crippen LogP contribution in [-0.2, 0) is 36.8 Å². The second kappa shape index (κ2) is 16.6. The van der Waals surface area contributed by atoms with E-state index in [1.807, 2.05) is 48.5 Å². The molecule has 2 aromatic carbocycles. The van der Waals surface area contributed by atoms with Crippen molar-refractivity contribution in [3.8, 4) is 11.1 Å². The first-order valence-electron chi connectivity index (χ1n) is 16.2. The number of hydrogen-bond donors (Lipinski definition) is 3. The summed E-state index contributed by atoms with van der Waals surface area (Å²) in [5, 5.41) is 5.23. The Kier molecular flexibility index (Phi) is 12.4. The number of alkyl carbamates (subject to hydrolysis) is 2. The van der Waals surface area contributed by atoms with Gasteiger partial charge in [-0.15, -0.1) is 0 Å². The molecule has 49 heavy (non-hydrogen) atoms. The highest BCUT2D eigenvalue weighted by molar-refractivity contribution is 5.82.